The molecule has 0 aliphatic heterocycles. The van der Waals surface area contributed by atoms with Crippen molar-refractivity contribution in [1.82, 2.24) is 5.32 Å². The van der Waals surface area contributed by atoms with Crippen LogP contribution in [-0.2, 0) is 4.79 Å². The molecule has 25 heavy (non-hydrogen) atoms. The molecule has 6 nitrogen and oxygen atoms in total. The summed E-state index contributed by atoms with van der Waals surface area (Å²) in [6.45, 7) is 0.872. The number of ether oxygens (including phenoxy) is 3. The Labute approximate surface area is 147 Å². The van der Waals surface area contributed by atoms with E-state index in [-0.39, 0.29) is 12.5 Å². The molecule has 2 aromatic rings. The van der Waals surface area contributed by atoms with Crippen molar-refractivity contribution in [3.8, 4) is 17.2 Å². The van der Waals surface area contributed by atoms with Crippen LogP contribution in [0.4, 0.5) is 5.69 Å². The number of nitrogens with two attached hydrogens (primary N) is 1. The van der Waals surface area contributed by atoms with Crippen LogP contribution in [0.1, 0.15) is 17.0 Å². The quantitative estimate of drug-likeness (QED) is 0.412. The van der Waals surface area contributed by atoms with E-state index in [1.165, 1.54) is 0 Å². The maximum atomic E-state index is 10.7. The summed E-state index contributed by atoms with van der Waals surface area (Å²) in [6.07, 6.45) is 0.842. The number of hydrogen-bond donors (Lipinski definition) is 2. The molecule has 0 aliphatic rings. The van der Waals surface area contributed by atoms with Crippen molar-refractivity contribution in [1.29, 1.82) is 0 Å². The van der Waals surface area contributed by atoms with Crippen LogP contribution in [0.25, 0.3) is 0 Å². The normalized spacial score (nSPS) is 11.6. The standard InChI is InChI=1S/C19H24N2O4/c1-23-17-10-14(11-18(24-2)19(17)25-3)16(12-21-8-9-22)13-4-6-15(20)7-5-13/h4-7,9-11,16,21H,8,12,20H2,1-3H3. The molecule has 0 radical (unpaired) electrons. The van der Waals surface area contributed by atoms with Crippen LogP contribution in [0.15, 0.2) is 36.4 Å². The highest BCUT2D eigenvalue weighted by Gasteiger charge is 2.20. The number of nitrogen functional groups attached to an aromatic ring is 1. The highest BCUT2D eigenvalue weighted by atomic mass is 16.5. The number of carbonyl (C=O) groups is 1. The van der Waals surface area contributed by atoms with Crippen LogP contribution in [-0.4, -0.2) is 40.7 Å². The monoisotopic (exact) mass is 344 g/mol. The second-order valence-corrected chi connectivity index (χ2v) is 5.50. The molecule has 134 valence electrons. The lowest BCUT2D eigenvalue weighted by Gasteiger charge is -2.21. The molecule has 0 spiro atoms. The van der Waals surface area contributed by atoms with Gasteiger partial charge in [-0.3, -0.25) is 0 Å². The van der Waals surface area contributed by atoms with Crippen LogP contribution in [0.2, 0.25) is 0 Å². The van der Waals surface area contributed by atoms with Gasteiger partial charge in [0.1, 0.15) is 6.29 Å². The zero-order chi connectivity index (χ0) is 18.2. The van der Waals surface area contributed by atoms with Gasteiger partial charge in [-0.15, -0.1) is 0 Å². The number of hydrogen-bond acceptors (Lipinski definition) is 6. The smallest absolute Gasteiger partial charge is 0.203 e. The second-order valence-electron chi connectivity index (χ2n) is 5.50. The molecule has 0 saturated heterocycles. The Morgan fingerprint density at radius 2 is 1.60 bits per heavy atom. The summed E-state index contributed by atoms with van der Waals surface area (Å²) in [6, 6.07) is 11.5. The number of anilines is 1. The fourth-order valence-electron chi connectivity index (χ4n) is 2.75. The van der Waals surface area contributed by atoms with Crippen LogP contribution in [0, 0.1) is 0 Å². The van der Waals surface area contributed by atoms with Gasteiger partial charge in [-0.05, 0) is 35.4 Å². The molecular weight excluding hydrogens is 320 g/mol. The lowest BCUT2D eigenvalue weighted by molar-refractivity contribution is -0.107. The van der Waals surface area contributed by atoms with Gasteiger partial charge in [-0.2, -0.15) is 0 Å². The number of carbonyl (C=O) groups excluding carboxylic acids is 1. The maximum absolute atomic E-state index is 10.7. The third-order valence-corrected chi connectivity index (χ3v) is 4.00. The maximum Gasteiger partial charge on any atom is 0.203 e. The van der Waals surface area contributed by atoms with Gasteiger partial charge in [0.15, 0.2) is 11.5 Å². The van der Waals surface area contributed by atoms with Gasteiger partial charge in [0.2, 0.25) is 5.75 Å². The van der Waals surface area contributed by atoms with Gasteiger partial charge < -0.3 is 30.1 Å². The summed E-state index contributed by atoms with van der Waals surface area (Å²) in [5.41, 5.74) is 8.56. The average Bonchev–Trinajstić information content (AvgIpc) is 2.65. The van der Waals surface area contributed by atoms with Crippen LogP contribution in [0.3, 0.4) is 0 Å². The summed E-state index contributed by atoms with van der Waals surface area (Å²) >= 11 is 0. The molecule has 0 saturated carbocycles. The minimum atomic E-state index is -0.00532. The van der Waals surface area contributed by atoms with E-state index in [2.05, 4.69) is 5.32 Å². The Hall–Kier alpha value is -2.73. The lowest BCUT2D eigenvalue weighted by atomic mass is 9.90. The number of nitrogens with one attached hydrogen (secondary N) is 1. The Kier molecular flexibility index (Phi) is 6.65. The van der Waals surface area contributed by atoms with Crippen molar-refractivity contribution in [2.24, 2.45) is 0 Å². The van der Waals surface area contributed by atoms with Crippen LogP contribution in [0.5, 0.6) is 17.2 Å². The van der Waals surface area contributed by atoms with Gasteiger partial charge in [-0.1, -0.05) is 12.1 Å². The van der Waals surface area contributed by atoms with Gasteiger partial charge in [0, 0.05) is 18.2 Å². The topological polar surface area (TPSA) is 82.8 Å². The predicted molar refractivity (Wildman–Crippen MR) is 97.7 cm³/mol. The summed E-state index contributed by atoms with van der Waals surface area (Å²) < 4.78 is 16.3. The van der Waals surface area contributed by atoms with E-state index in [4.69, 9.17) is 19.9 Å². The Morgan fingerprint density at radius 1 is 1.00 bits per heavy atom. The summed E-state index contributed by atoms with van der Waals surface area (Å²) in [5, 5.41) is 3.14. The first kappa shape index (κ1) is 18.6. The molecule has 2 rings (SSSR count). The molecule has 0 fully saturated rings. The molecule has 6 heteroatoms. The first-order valence-corrected chi connectivity index (χ1v) is 7.94. The highest BCUT2D eigenvalue weighted by Crippen LogP contribution is 2.41. The number of methoxy groups -OCH3 is 3. The summed E-state index contributed by atoms with van der Waals surface area (Å²) in [5.74, 6) is 1.72. The highest BCUT2D eigenvalue weighted by molar-refractivity contribution is 5.56. The van der Waals surface area contributed by atoms with E-state index in [9.17, 15) is 4.79 Å². The van der Waals surface area contributed by atoms with Crippen molar-refractivity contribution in [3.05, 3.63) is 47.5 Å². The number of aldehydes is 1. The van der Waals surface area contributed by atoms with Crippen molar-refractivity contribution in [2.75, 3.05) is 40.2 Å². The van der Waals surface area contributed by atoms with E-state index < -0.39 is 0 Å². The second kappa shape index (κ2) is 8.94. The summed E-state index contributed by atoms with van der Waals surface area (Å²) in [4.78, 5) is 10.7. The molecule has 0 heterocycles. The summed E-state index contributed by atoms with van der Waals surface area (Å²) in [7, 11) is 4.75. The Balaban J connectivity index is 2.48. The number of rotatable bonds is 9. The fraction of sp³-hybridized carbons (Fsp3) is 0.316. The molecule has 0 bridgehead atoms. The fourth-order valence-corrected chi connectivity index (χ4v) is 2.75. The molecule has 0 amide bonds. The zero-order valence-corrected chi connectivity index (χ0v) is 14.7. The van der Waals surface area contributed by atoms with Gasteiger partial charge >= 0.3 is 0 Å². The van der Waals surface area contributed by atoms with Crippen molar-refractivity contribution < 1.29 is 19.0 Å². The molecule has 0 aromatic heterocycles. The average molecular weight is 344 g/mol. The SMILES string of the molecule is COc1cc(C(CNCC=O)c2ccc(N)cc2)cc(OC)c1OC. The lowest BCUT2D eigenvalue weighted by Crippen LogP contribution is -2.24. The van der Waals surface area contributed by atoms with Gasteiger partial charge in [0.25, 0.3) is 0 Å². The number of benzene rings is 2. The van der Waals surface area contributed by atoms with Crippen molar-refractivity contribution >= 4 is 12.0 Å². The van der Waals surface area contributed by atoms with Gasteiger partial charge in [-0.25, -0.2) is 0 Å². The molecule has 1 unspecified atom stereocenters. The van der Waals surface area contributed by atoms with Crippen molar-refractivity contribution in [3.63, 3.8) is 0 Å². The minimum absolute atomic E-state index is 0.00532. The minimum Gasteiger partial charge on any atom is -0.493 e. The van der Waals surface area contributed by atoms with E-state index in [1.54, 1.807) is 21.3 Å². The third-order valence-electron chi connectivity index (χ3n) is 4.00. The van der Waals surface area contributed by atoms with E-state index >= 15 is 0 Å². The first-order chi connectivity index (χ1) is 12.1. The van der Waals surface area contributed by atoms with Gasteiger partial charge in [0.05, 0.1) is 27.9 Å². The van der Waals surface area contributed by atoms with Crippen molar-refractivity contribution in [2.45, 2.75) is 5.92 Å². The van der Waals surface area contributed by atoms with E-state index in [0.29, 0.717) is 29.5 Å². The van der Waals surface area contributed by atoms with E-state index in [1.807, 2.05) is 36.4 Å². The van der Waals surface area contributed by atoms with E-state index in [0.717, 1.165) is 17.4 Å². The predicted octanol–water partition coefficient (Wildman–Crippen LogP) is 2.21. The van der Waals surface area contributed by atoms with Crippen LogP contribution >= 0.6 is 0 Å². The molecule has 2 aromatic carbocycles. The molecular formula is C19H24N2O4. The molecule has 3 N–H and O–H groups in total. The largest absolute Gasteiger partial charge is 0.493 e. The Morgan fingerprint density at radius 3 is 2.08 bits per heavy atom. The zero-order valence-electron chi connectivity index (χ0n) is 14.7. The first-order valence-electron chi connectivity index (χ1n) is 7.94. The molecule has 0 aliphatic carbocycles. The third kappa shape index (κ3) is 4.42. The Bertz CT molecular complexity index is 676. The van der Waals surface area contributed by atoms with Crippen LogP contribution < -0.4 is 25.3 Å². The molecule has 1 atom stereocenters.